The molecule has 1 heterocycles. The summed E-state index contributed by atoms with van der Waals surface area (Å²) < 4.78 is 5.42. The second kappa shape index (κ2) is 7.06. The normalized spacial score (nSPS) is 10.6. The molecule has 0 amide bonds. The summed E-state index contributed by atoms with van der Waals surface area (Å²) in [6.45, 7) is 6.51. The van der Waals surface area contributed by atoms with E-state index in [1.165, 1.54) is 6.33 Å². The van der Waals surface area contributed by atoms with Crippen LogP contribution in [-0.4, -0.2) is 48.7 Å². The largest absolute Gasteiger partial charge is 0.478 e. The van der Waals surface area contributed by atoms with Crippen molar-refractivity contribution < 1.29 is 4.74 Å². The summed E-state index contributed by atoms with van der Waals surface area (Å²) >= 11 is 0. The molecule has 0 radical (unpaired) electrons. The lowest BCUT2D eigenvalue weighted by molar-refractivity contribution is 0.324. The minimum Gasteiger partial charge on any atom is -0.478 e. The summed E-state index contributed by atoms with van der Waals surface area (Å²) in [5, 5.41) is 3.31. The summed E-state index contributed by atoms with van der Waals surface area (Å²) in [6, 6.07) is 0. The molecule has 0 bridgehead atoms. The first kappa shape index (κ1) is 13.7. The highest BCUT2D eigenvalue weighted by molar-refractivity contribution is 5.47. The molecule has 0 fully saturated rings. The molecule has 1 aromatic heterocycles. The van der Waals surface area contributed by atoms with E-state index in [4.69, 9.17) is 4.74 Å². The predicted octanol–water partition coefficient (Wildman–Crippen LogP) is 1.55. The van der Waals surface area contributed by atoms with E-state index in [-0.39, 0.29) is 0 Å². The second-order valence-electron chi connectivity index (χ2n) is 4.17. The molecule has 5 nitrogen and oxygen atoms in total. The van der Waals surface area contributed by atoms with Crippen molar-refractivity contribution in [3.63, 3.8) is 0 Å². The maximum Gasteiger partial charge on any atom is 0.221 e. The van der Waals surface area contributed by atoms with E-state index in [2.05, 4.69) is 34.3 Å². The highest BCUT2D eigenvalue weighted by atomic mass is 16.5. The Balaban J connectivity index is 2.50. The first-order chi connectivity index (χ1) is 8.15. The van der Waals surface area contributed by atoms with Crippen LogP contribution >= 0.6 is 0 Å². The number of hydrogen-bond acceptors (Lipinski definition) is 5. The quantitative estimate of drug-likeness (QED) is 0.730. The zero-order valence-corrected chi connectivity index (χ0v) is 11.2. The summed E-state index contributed by atoms with van der Waals surface area (Å²) in [4.78, 5) is 10.5. The van der Waals surface area contributed by atoms with Gasteiger partial charge in [0.15, 0.2) is 0 Å². The monoisotopic (exact) mass is 238 g/mol. The molecule has 0 aliphatic carbocycles. The van der Waals surface area contributed by atoms with Crippen molar-refractivity contribution in [2.75, 3.05) is 39.1 Å². The van der Waals surface area contributed by atoms with Crippen LogP contribution in [0.2, 0.25) is 0 Å². The first-order valence-corrected chi connectivity index (χ1v) is 5.98. The van der Waals surface area contributed by atoms with Gasteiger partial charge < -0.3 is 15.0 Å². The van der Waals surface area contributed by atoms with Gasteiger partial charge in [0, 0.05) is 6.54 Å². The van der Waals surface area contributed by atoms with Crippen LogP contribution in [0.3, 0.4) is 0 Å². The Bertz CT molecular complexity index is 341. The number of aromatic nitrogens is 2. The van der Waals surface area contributed by atoms with Crippen molar-refractivity contribution in [2.45, 2.75) is 20.3 Å². The van der Waals surface area contributed by atoms with Gasteiger partial charge in [-0.25, -0.2) is 9.97 Å². The van der Waals surface area contributed by atoms with Crippen molar-refractivity contribution in [2.24, 2.45) is 0 Å². The molecule has 1 N–H and O–H groups in total. The standard InChI is InChI=1S/C12H22N4O/c1-5-17-12-10(2)11(14-9-15-12)13-7-6-8-16(3)4/h9H,5-8H2,1-4H3,(H,13,14,15). The molecule has 1 aromatic rings. The van der Waals surface area contributed by atoms with Crippen LogP contribution in [0.25, 0.3) is 0 Å². The Morgan fingerprint density at radius 1 is 1.35 bits per heavy atom. The molecule has 5 heteroatoms. The average molecular weight is 238 g/mol. The lowest BCUT2D eigenvalue weighted by Gasteiger charge is -2.12. The van der Waals surface area contributed by atoms with Crippen molar-refractivity contribution in [3.05, 3.63) is 11.9 Å². The van der Waals surface area contributed by atoms with Gasteiger partial charge in [0.2, 0.25) is 5.88 Å². The van der Waals surface area contributed by atoms with Crippen LogP contribution in [0.4, 0.5) is 5.82 Å². The van der Waals surface area contributed by atoms with Gasteiger partial charge in [0.1, 0.15) is 12.1 Å². The highest BCUT2D eigenvalue weighted by Gasteiger charge is 2.06. The van der Waals surface area contributed by atoms with Crippen molar-refractivity contribution in [1.82, 2.24) is 14.9 Å². The number of nitrogens with one attached hydrogen (secondary N) is 1. The van der Waals surface area contributed by atoms with Crippen LogP contribution in [0, 0.1) is 6.92 Å². The van der Waals surface area contributed by atoms with Gasteiger partial charge in [-0.2, -0.15) is 0 Å². The highest BCUT2D eigenvalue weighted by Crippen LogP contribution is 2.19. The fourth-order valence-electron chi connectivity index (χ4n) is 1.50. The molecule has 0 saturated heterocycles. The zero-order chi connectivity index (χ0) is 12.7. The first-order valence-electron chi connectivity index (χ1n) is 5.98. The van der Waals surface area contributed by atoms with Crippen molar-refractivity contribution >= 4 is 5.82 Å². The molecule has 0 aromatic carbocycles. The van der Waals surface area contributed by atoms with Gasteiger partial charge in [-0.1, -0.05) is 0 Å². The molecule has 1 rings (SSSR count). The number of rotatable bonds is 7. The summed E-state index contributed by atoms with van der Waals surface area (Å²) in [6.07, 6.45) is 2.62. The Hall–Kier alpha value is -1.36. The third-order valence-corrected chi connectivity index (χ3v) is 2.39. The zero-order valence-electron chi connectivity index (χ0n) is 11.2. The number of hydrogen-bond donors (Lipinski definition) is 1. The van der Waals surface area contributed by atoms with Crippen LogP contribution in [0.5, 0.6) is 5.88 Å². The lowest BCUT2D eigenvalue weighted by atomic mass is 10.3. The second-order valence-corrected chi connectivity index (χ2v) is 4.17. The van der Waals surface area contributed by atoms with Gasteiger partial charge in [0.05, 0.1) is 12.2 Å². The fourth-order valence-corrected chi connectivity index (χ4v) is 1.50. The van der Waals surface area contributed by atoms with E-state index >= 15 is 0 Å². The fraction of sp³-hybridized carbons (Fsp3) is 0.667. The third kappa shape index (κ3) is 4.56. The molecule has 96 valence electrons. The Labute approximate surface area is 103 Å². The minimum absolute atomic E-state index is 0.623. The number of ether oxygens (including phenoxy) is 1. The average Bonchev–Trinajstić information content (AvgIpc) is 2.29. The van der Waals surface area contributed by atoms with E-state index in [0.717, 1.165) is 30.9 Å². The molecule has 0 atom stereocenters. The van der Waals surface area contributed by atoms with Crippen LogP contribution in [0.15, 0.2) is 6.33 Å². The summed E-state index contributed by atoms with van der Waals surface area (Å²) in [5.74, 6) is 1.53. The van der Waals surface area contributed by atoms with Gasteiger partial charge in [-0.05, 0) is 40.9 Å². The van der Waals surface area contributed by atoms with E-state index < -0.39 is 0 Å². The van der Waals surface area contributed by atoms with E-state index in [0.29, 0.717) is 12.5 Å². The number of anilines is 1. The third-order valence-electron chi connectivity index (χ3n) is 2.39. The lowest BCUT2D eigenvalue weighted by Crippen LogP contribution is -2.17. The van der Waals surface area contributed by atoms with Gasteiger partial charge in [0.25, 0.3) is 0 Å². The molecular formula is C12H22N4O. The Morgan fingerprint density at radius 3 is 2.76 bits per heavy atom. The van der Waals surface area contributed by atoms with Crippen molar-refractivity contribution in [1.29, 1.82) is 0 Å². The Kier molecular flexibility index (Phi) is 5.69. The smallest absolute Gasteiger partial charge is 0.221 e. The summed E-state index contributed by atoms with van der Waals surface area (Å²) in [7, 11) is 4.15. The van der Waals surface area contributed by atoms with E-state index in [1.807, 2.05) is 13.8 Å². The molecule has 17 heavy (non-hydrogen) atoms. The molecular weight excluding hydrogens is 216 g/mol. The van der Waals surface area contributed by atoms with Gasteiger partial charge >= 0.3 is 0 Å². The maximum atomic E-state index is 5.42. The van der Waals surface area contributed by atoms with Gasteiger partial charge in [-0.3, -0.25) is 0 Å². The molecule has 0 aliphatic rings. The Morgan fingerprint density at radius 2 is 2.12 bits per heavy atom. The van der Waals surface area contributed by atoms with Crippen LogP contribution in [0.1, 0.15) is 18.9 Å². The molecule has 0 aliphatic heterocycles. The van der Waals surface area contributed by atoms with Gasteiger partial charge in [-0.15, -0.1) is 0 Å². The van der Waals surface area contributed by atoms with E-state index in [9.17, 15) is 0 Å². The molecule has 0 spiro atoms. The predicted molar refractivity (Wildman–Crippen MR) is 69.6 cm³/mol. The topological polar surface area (TPSA) is 50.3 Å². The van der Waals surface area contributed by atoms with E-state index in [1.54, 1.807) is 0 Å². The van der Waals surface area contributed by atoms with Crippen LogP contribution < -0.4 is 10.1 Å². The molecule has 0 saturated carbocycles. The van der Waals surface area contributed by atoms with Crippen molar-refractivity contribution in [3.8, 4) is 5.88 Å². The minimum atomic E-state index is 0.623. The summed E-state index contributed by atoms with van der Waals surface area (Å²) in [5.41, 5.74) is 0.971. The molecule has 0 unspecified atom stereocenters. The SMILES string of the molecule is CCOc1ncnc(NCCCN(C)C)c1C. The number of nitrogens with zero attached hydrogens (tertiary/aromatic N) is 3. The maximum absolute atomic E-state index is 5.42. The van der Waals surface area contributed by atoms with Crippen LogP contribution in [-0.2, 0) is 0 Å².